The Hall–Kier alpha value is -2.30. The minimum Gasteiger partial charge on any atom is -0.356 e. The van der Waals surface area contributed by atoms with Gasteiger partial charge in [-0.2, -0.15) is 0 Å². The lowest BCUT2D eigenvalue weighted by molar-refractivity contribution is 0.378. The maximum atomic E-state index is 4.87. The van der Waals surface area contributed by atoms with E-state index in [-0.39, 0.29) is 0 Å². The highest BCUT2D eigenvalue weighted by atomic mass is 15.3. The molecule has 0 unspecified atom stereocenters. The fourth-order valence-corrected chi connectivity index (χ4v) is 3.30. The Labute approximate surface area is 150 Å². The molecule has 0 fully saturated rings. The largest absolute Gasteiger partial charge is 0.356 e. The molecule has 0 atom stereocenters. The summed E-state index contributed by atoms with van der Waals surface area (Å²) in [5.74, 6) is 2.61. The number of hydrogen-bond acceptors (Lipinski definition) is 2. The molecule has 5 heteroatoms. The summed E-state index contributed by atoms with van der Waals surface area (Å²) < 4.78 is 2.21. The number of nitrogens with zero attached hydrogens (tertiary/aromatic N) is 4. The molecule has 1 aromatic heterocycles. The van der Waals surface area contributed by atoms with Gasteiger partial charge < -0.3 is 14.8 Å². The van der Waals surface area contributed by atoms with Crippen LogP contribution in [0.3, 0.4) is 0 Å². The topological polar surface area (TPSA) is 45.5 Å². The molecule has 134 valence electrons. The van der Waals surface area contributed by atoms with Crippen molar-refractivity contribution < 1.29 is 0 Å². The molecule has 0 bridgehead atoms. The molecule has 25 heavy (non-hydrogen) atoms. The Morgan fingerprint density at radius 2 is 2.08 bits per heavy atom. The van der Waals surface area contributed by atoms with Crippen molar-refractivity contribution in [2.45, 2.75) is 46.8 Å². The molecule has 1 aromatic carbocycles. The lowest BCUT2D eigenvalue weighted by Gasteiger charge is -2.31. The Morgan fingerprint density at radius 1 is 1.28 bits per heavy atom. The fraction of sp³-hybridized carbons (Fsp3) is 0.500. The molecule has 0 aliphatic carbocycles. The van der Waals surface area contributed by atoms with Crippen LogP contribution in [0.1, 0.15) is 37.7 Å². The Balaban J connectivity index is 1.73. The molecular weight excluding hydrogens is 310 g/mol. The van der Waals surface area contributed by atoms with Crippen LogP contribution >= 0.6 is 0 Å². The number of hydrogen-bond donors (Lipinski definition) is 1. The summed E-state index contributed by atoms with van der Waals surface area (Å²) in [6, 6.07) is 8.71. The lowest BCUT2D eigenvalue weighted by Crippen LogP contribution is -2.44. The van der Waals surface area contributed by atoms with Gasteiger partial charge >= 0.3 is 0 Å². The maximum Gasteiger partial charge on any atom is 0.194 e. The molecule has 0 amide bonds. The zero-order valence-electron chi connectivity index (χ0n) is 15.6. The standard InChI is InChI=1S/C20H29N5/c1-4-21-20(23-13-19-22-10-12-24(19)14-16(2)3)25-11-9-17-7-5-6-8-18(17)15-25/h5-8,10,12,16H,4,9,11,13-15H2,1-3H3,(H,21,23). The van der Waals surface area contributed by atoms with Crippen LogP contribution in [0.5, 0.6) is 0 Å². The molecule has 3 rings (SSSR count). The predicted molar refractivity (Wildman–Crippen MR) is 102 cm³/mol. The minimum absolute atomic E-state index is 0.601. The molecular formula is C20H29N5. The molecule has 1 aliphatic heterocycles. The van der Waals surface area contributed by atoms with Crippen LogP contribution in [-0.2, 0) is 26.1 Å². The van der Waals surface area contributed by atoms with Crippen LogP contribution in [0.4, 0.5) is 0 Å². The summed E-state index contributed by atoms with van der Waals surface area (Å²) in [5, 5.41) is 3.44. The van der Waals surface area contributed by atoms with Crippen molar-refractivity contribution in [1.29, 1.82) is 0 Å². The molecule has 2 aromatic rings. The predicted octanol–water partition coefficient (Wildman–Crippen LogP) is 3.06. The van der Waals surface area contributed by atoms with Crippen LogP contribution in [0, 0.1) is 5.92 Å². The molecule has 2 heterocycles. The highest BCUT2D eigenvalue weighted by Crippen LogP contribution is 2.18. The molecule has 1 aliphatic rings. The summed E-state index contributed by atoms with van der Waals surface area (Å²) in [5.41, 5.74) is 2.86. The van der Waals surface area contributed by atoms with E-state index < -0.39 is 0 Å². The van der Waals surface area contributed by atoms with Crippen LogP contribution < -0.4 is 5.32 Å². The SMILES string of the molecule is CCNC(=NCc1nccn1CC(C)C)N1CCc2ccccc2C1. The molecule has 5 nitrogen and oxygen atoms in total. The van der Waals surface area contributed by atoms with Gasteiger partial charge in [0, 0.05) is 38.6 Å². The molecule has 1 N–H and O–H groups in total. The summed E-state index contributed by atoms with van der Waals surface area (Å²) in [6.07, 6.45) is 4.99. The average Bonchev–Trinajstić information content (AvgIpc) is 3.04. The Morgan fingerprint density at radius 3 is 2.84 bits per heavy atom. The summed E-state index contributed by atoms with van der Waals surface area (Å²) in [7, 11) is 0. The number of aromatic nitrogens is 2. The van der Waals surface area contributed by atoms with Crippen molar-refractivity contribution in [2.24, 2.45) is 10.9 Å². The number of nitrogens with one attached hydrogen (secondary N) is 1. The van der Waals surface area contributed by atoms with Gasteiger partial charge in [-0.05, 0) is 30.4 Å². The third-order valence-electron chi connectivity index (χ3n) is 4.50. The van der Waals surface area contributed by atoms with Gasteiger partial charge in [-0.3, -0.25) is 0 Å². The van der Waals surface area contributed by atoms with Crippen LogP contribution in [-0.4, -0.2) is 33.5 Å². The first-order chi connectivity index (χ1) is 12.2. The zero-order chi connectivity index (χ0) is 17.6. The fourth-order valence-electron chi connectivity index (χ4n) is 3.30. The van der Waals surface area contributed by atoms with Crippen molar-refractivity contribution in [1.82, 2.24) is 19.8 Å². The smallest absolute Gasteiger partial charge is 0.194 e. The number of imidazole rings is 1. The Kier molecular flexibility index (Phi) is 5.74. The zero-order valence-corrected chi connectivity index (χ0v) is 15.6. The second kappa shape index (κ2) is 8.19. The number of fused-ring (bicyclic) bond motifs is 1. The van der Waals surface area contributed by atoms with E-state index in [1.165, 1.54) is 11.1 Å². The van der Waals surface area contributed by atoms with Crippen molar-refractivity contribution >= 4 is 5.96 Å². The highest BCUT2D eigenvalue weighted by molar-refractivity contribution is 5.80. The molecule has 0 radical (unpaired) electrons. The first kappa shape index (κ1) is 17.5. The lowest BCUT2D eigenvalue weighted by atomic mass is 10.0. The van der Waals surface area contributed by atoms with Crippen molar-refractivity contribution in [2.75, 3.05) is 13.1 Å². The first-order valence-corrected chi connectivity index (χ1v) is 9.27. The maximum absolute atomic E-state index is 4.87. The van der Waals surface area contributed by atoms with E-state index in [0.29, 0.717) is 12.5 Å². The van der Waals surface area contributed by atoms with Crippen LogP contribution in [0.2, 0.25) is 0 Å². The first-order valence-electron chi connectivity index (χ1n) is 9.27. The van der Waals surface area contributed by atoms with E-state index in [9.17, 15) is 0 Å². The minimum atomic E-state index is 0.601. The molecule has 0 spiro atoms. The second-order valence-corrected chi connectivity index (χ2v) is 7.00. The van der Waals surface area contributed by atoms with Crippen molar-refractivity contribution in [3.05, 3.63) is 53.6 Å². The summed E-state index contributed by atoms with van der Waals surface area (Å²) in [4.78, 5) is 11.7. The quantitative estimate of drug-likeness (QED) is 0.673. The average molecular weight is 339 g/mol. The van der Waals surface area contributed by atoms with Gasteiger partial charge in [-0.25, -0.2) is 9.98 Å². The van der Waals surface area contributed by atoms with E-state index in [1.54, 1.807) is 0 Å². The normalized spacial score (nSPS) is 14.7. The van der Waals surface area contributed by atoms with E-state index in [0.717, 1.165) is 44.4 Å². The monoisotopic (exact) mass is 339 g/mol. The van der Waals surface area contributed by atoms with Gasteiger partial charge in [0.05, 0.1) is 0 Å². The highest BCUT2D eigenvalue weighted by Gasteiger charge is 2.18. The van der Waals surface area contributed by atoms with E-state index in [2.05, 4.69) is 71.0 Å². The van der Waals surface area contributed by atoms with E-state index in [1.807, 2.05) is 6.20 Å². The van der Waals surface area contributed by atoms with Gasteiger partial charge in [0.1, 0.15) is 12.4 Å². The number of aliphatic imine (C=N–C) groups is 1. The molecule has 0 saturated carbocycles. The summed E-state index contributed by atoms with van der Waals surface area (Å²) in [6.45, 7) is 11.0. The second-order valence-electron chi connectivity index (χ2n) is 7.00. The van der Waals surface area contributed by atoms with Gasteiger partial charge in [-0.1, -0.05) is 38.1 Å². The number of guanidine groups is 1. The third kappa shape index (κ3) is 4.41. The van der Waals surface area contributed by atoms with Gasteiger partial charge in [0.15, 0.2) is 5.96 Å². The van der Waals surface area contributed by atoms with Gasteiger partial charge in [-0.15, -0.1) is 0 Å². The number of rotatable bonds is 5. The van der Waals surface area contributed by atoms with Crippen molar-refractivity contribution in [3.8, 4) is 0 Å². The Bertz CT molecular complexity index is 716. The van der Waals surface area contributed by atoms with Gasteiger partial charge in [0.25, 0.3) is 0 Å². The molecule has 0 saturated heterocycles. The van der Waals surface area contributed by atoms with Crippen LogP contribution in [0.25, 0.3) is 0 Å². The summed E-state index contributed by atoms with van der Waals surface area (Å²) >= 11 is 0. The third-order valence-corrected chi connectivity index (χ3v) is 4.50. The van der Waals surface area contributed by atoms with E-state index >= 15 is 0 Å². The van der Waals surface area contributed by atoms with E-state index in [4.69, 9.17) is 4.99 Å². The number of benzene rings is 1. The van der Waals surface area contributed by atoms with Crippen molar-refractivity contribution in [3.63, 3.8) is 0 Å². The van der Waals surface area contributed by atoms with Crippen LogP contribution in [0.15, 0.2) is 41.7 Å². The van der Waals surface area contributed by atoms with Gasteiger partial charge in [0.2, 0.25) is 0 Å².